The molecule has 0 atom stereocenters. The van der Waals surface area contributed by atoms with Gasteiger partial charge < -0.3 is 15.4 Å². The molecule has 1 aromatic heterocycles. The minimum atomic E-state index is -0.957. The molecule has 1 heterocycles. The van der Waals surface area contributed by atoms with Crippen LogP contribution in [-0.4, -0.2) is 28.5 Å². The largest absolute Gasteiger partial charge is 0.478 e. The standard InChI is InChI=1S/C22H24N2O3/c1-3-11-23-21(25)20-16(10-9-15-7-5-4-6-8-15)18-13-17(22(26)27)14(2)12-19(18)24-20/h4-8,12-13,24H,3,9-11H2,1-2H3,(H,23,25)(H,26,27). The van der Waals surface area contributed by atoms with E-state index in [0.717, 1.165) is 29.3 Å². The monoisotopic (exact) mass is 364 g/mol. The van der Waals surface area contributed by atoms with Crippen molar-refractivity contribution < 1.29 is 14.7 Å². The molecule has 0 spiro atoms. The highest BCUT2D eigenvalue weighted by Gasteiger charge is 2.20. The van der Waals surface area contributed by atoms with E-state index in [-0.39, 0.29) is 11.5 Å². The van der Waals surface area contributed by atoms with Gasteiger partial charge in [0.15, 0.2) is 0 Å². The minimum Gasteiger partial charge on any atom is -0.478 e. The molecule has 2 aromatic carbocycles. The van der Waals surface area contributed by atoms with E-state index < -0.39 is 5.97 Å². The number of benzene rings is 2. The quantitative estimate of drug-likeness (QED) is 0.590. The van der Waals surface area contributed by atoms with Crippen molar-refractivity contribution in [1.82, 2.24) is 10.3 Å². The fourth-order valence-corrected chi connectivity index (χ4v) is 3.33. The number of carbonyl (C=O) groups is 2. The van der Waals surface area contributed by atoms with Crippen molar-refractivity contribution in [2.75, 3.05) is 6.54 Å². The van der Waals surface area contributed by atoms with Gasteiger partial charge in [0.2, 0.25) is 0 Å². The lowest BCUT2D eigenvalue weighted by Crippen LogP contribution is -2.25. The van der Waals surface area contributed by atoms with Crippen LogP contribution in [0, 0.1) is 6.92 Å². The topological polar surface area (TPSA) is 82.2 Å². The number of aromatic nitrogens is 1. The SMILES string of the molecule is CCCNC(=O)c1[nH]c2cc(C)c(C(=O)O)cc2c1CCc1ccccc1. The summed E-state index contributed by atoms with van der Waals surface area (Å²) in [5.41, 5.74) is 4.30. The maximum absolute atomic E-state index is 12.7. The van der Waals surface area contributed by atoms with Gasteiger partial charge in [-0.25, -0.2) is 4.79 Å². The van der Waals surface area contributed by atoms with Crippen molar-refractivity contribution >= 4 is 22.8 Å². The lowest BCUT2D eigenvalue weighted by molar-refractivity contribution is 0.0696. The van der Waals surface area contributed by atoms with Gasteiger partial charge in [-0.15, -0.1) is 0 Å². The van der Waals surface area contributed by atoms with Crippen LogP contribution in [-0.2, 0) is 12.8 Å². The highest BCUT2D eigenvalue weighted by atomic mass is 16.4. The molecule has 0 fully saturated rings. The molecule has 5 nitrogen and oxygen atoms in total. The number of rotatable bonds is 7. The van der Waals surface area contributed by atoms with E-state index in [1.165, 1.54) is 5.56 Å². The summed E-state index contributed by atoms with van der Waals surface area (Å²) in [4.78, 5) is 27.4. The Bertz CT molecular complexity index is 974. The average Bonchev–Trinajstić information content (AvgIpc) is 3.01. The molecule has 0 saturated heterocycles. The molecule has 140 valence electrons. The summed E-state index contributed by atoms with van der Waals surface area (Å²) in [5.74, 6) is -1.10. The fourth-order valence-electron chi connectivity index (χ4n) is 3.33. The van der Waals surface area contributed by atoms with E-state index in [9.17, 15) is 14.7 Å². The number of fused-ring (bicyclic) bond motifs is 1. The summed E-state index contributed by atoms with van der Waals surface area (Å²) < 4.78 is 0. The van der Waals surface area contributed by atoms with Crippen LogP contribution in [0.25, 0.3) is 10.9 Å². The molecule has 5 heteroatoms. The number of hydrogen-bond donors (Lipinski definition) is 3. The second kappa shape index (κ2) is 8.08. The molecule has 27 heavy (non-hydrogen) atoms. The number of aromatic carboxylic acids is 1. The number of H-pyrrole nitrogens is 1. The Balaban J connectivity index is 2.05. The molecule has 0 radical (unpaired) electrons. The number of nitrogens with one attached hydrogen (secondary N) is 2. The summed E-state index contributed by atoms with van der Waals surface area (Å²) in [6.45, 7) is 4.38. The van der Waals surface area contributed by atoms with E-state index in [4.69, 9.17) is 0 Å². The Kier molecular flexibility index (Phi) is 5.60. The van der Waals surface area contributed by atoms with Crippen LogP contribution in [0.3, 0.4) is 0 Å². The first-order valence-corrected chi connectivity index (χ1v) is 9.22. The molecular formula is C22H24N2O3. The molecule has 3 aromatic rings. The zero-order valence-electron chi connectivity index (χ0n) is 15.6. The van der Waals surface area contributed by atoms with Crippen LogP contribution >= 0.6 is 0 Å². The van der Waals surface area contributed by atoms with Gasteiger partial charge in [-0.2, -0.15) is 0 Å². The van der Waals surface area contributed by atoms with Crippen molar-refractivity contribution in [3.05, 3.63) is 70.4 Å². The van der Waals surface area contributed by atoms with Crippen LogP contribution < -0.4 is 5.32 Å². The molecule has 3 N–H and O–H groups in total. The molecule has 0 saturated carbocycles. The van der Waals surface area contributed by atoms with E-state index in [1.807, 2.05) is 25.1 Å². The summed E-state index contributed by atoms with van der Waals surface area (Å²) in [7, 11) is 0. The van der Waals surface area contributed by atoms with Gasteiger partial charge in [0.25, 0.3) is 5.91 Å². The number of carboxylic acid groups (broad SMARTS) is 1. The average molecular weight is 364 g/mol. The lowest BCUT2D eigenvalue weighted by Gasteiger charge is -2.07. The van der Waals surface area contributed by atoms with Gasteiger partial charge in [-0.05, 0) is 55.0 Å². The first-order valence-electron chi connectivity index (χ1n) is 9.22. The van der Waals surface area contributed by atoms with Gasteiger partial charge in [-0.3, -0.25) is 4.79 Å². The first-order chi connectivity index (χ1) is 13.0. The fraction of sp³-hybridized carbons (Fsp3) is 0.273. The second-order valence-corrected chi connectivity index (χ2v) is 6.74. The van der Waals surface area contributed by atoms with E-state index in [1.54, 1.807) is 19.1 Å². The summed E-state index contributed by atoms with van der Waals surface area (Å²) in [6, 6.07) is 13.6. The van der Waals surface area contributed by atoms with Crippen molar-refractivity contribution in [2.24, 2.45) is 0 Å². The van der Waals surface area contributed by atoms with Gasteiger partial charge in [0.05, 0.1) is 5.56 Å². The van der Waals surface area contributed by atoms with Crippen LogP contribution in [0.4, 0.5) is 0 Å². The zero-order chi connectivity index (χ0) is 19.4. The van der Waals surface area contributed by atoms with Crippen LogP contribution in [0.1, 0.15) is 50.9 Å². The third-order valence-corrected chi connectivity index (χ3v) is 4.75. The molecule has 0 unspecified atom stereocenters. The summed E-state index contributed by atoms with van der Waals surface area (Å²) >= 11 is 0. The Labute approximate surface area is 158 Å². The number of carbonyl (C=O) groups excluding carboxylic acids is 1. The highest BCUT2D eigenvalue weighted by molar-refractivity contribution is 6.03. The van der Waals surface area contributed by atoms with Gasteiger partial charge >= 0.3 is 5.97 Å². The predicted octanol–water partition coefficient (Wildman–Crippen LogP) is 4.10. The van der Waals surface area contributed by atoms with E-state index >= 15 is 0 Å². The maximum Gasteiger partial charge on any atom is 0.335 e. The van der Waals surface area contributed by atoms with E-state index in [0.29, 0.717) is 24.2 Å². The number of amides is 1. The smallest absolute Gasteiger partial charge is 0.335 e. The van der Waals surface area contributed by atoms with Crippen molar-refractivity contribution in [2.45, 2.75) is 33.1 Å². The molecule has 0 aliphatic heterocycles. The predicted molar refractivity (Wildman–Crippen MR) is 106 cm³/mol. The Hall–Kier alpha value is -3.08. The van der Waals surface area contributed by atoms with Crippen molar-refractivity contribution in [3.8, 4) is 0 Å². The van der Waals surface area contributed by atoms with Gasteiger partial charge in [0, 0.05) is 17.4 Å². The third-order valence-electron chi connectivity index (χ3n) is 4.75. The Morgan fingerprint density at radius 2 is 1.85 bits per heavy atom. The summed E-state index contributed by atoms with van der Waals surface area (Å²) in [6.07, 6.45) is 2.28. The molecule has 1 amide bonds. The van der Waals surface area contributed by atoms with Gasteiger partial charge in [0.1, 0.15) is 5.69 Å². The van der Waals surface area contributed by atoms with Crippen LogP contribution in [0.5, 0.6) is 0 Å². The van der Waals surface area contributed by atoms with Crippen LogP contribution in [0.2, 0.25) is 0 Å². The molecular weight excluding hydrogens is 340 g/mol. The minimum absolute atomic E-state index is 0.148. The molecule has 0 bridgehead atoms. The van der Waals surface area contributed by atoms with Crippen molar-refractivity contribution in [3.63, 3.8) is 0 Å². The first kappa shape index (κ1) is 18.7. The lowest BCUT2D eigenvalue weighted by atomic mass is 9.98. The second-order valence-electron chi connectivity index (χ2n) is 6.74. The number of aromatic amines is 1. The Morgan fingerprint density at radius 3 is 2.52 bits per heavy atom. The summed E-state index contributed by atoms with van der Waals surface area (Å²) in [5, 5.41) is 13.2. The van der Waals surface area contributed by atoms with Crippen molar-refractivity contribution in [1.29, 1.82) is 0 Å². The third kappa shape index (κ3) is 4.03. The van der Waals surface area contributed by atoms with Crippen LogP contribution in [0.15, 0.2) is 42.5 Å². The number of carboxylic acids is 1. The molecule has 3 rings (SSSR count). The number of aryl methyl sites for hydroxylation is 3. The molecule has 0 aliphatic rings. The highest BCUT2D eigenvalue weighted by Crippen LogP contribution is 2.27. The zero-order valence-corrected chi connectivity index (χ0v) is 15.6. The number of hydrogen-bond acceptors (Lipinski definition) is 2. The maximum atomic E-state index is 12.7. The van der Waals surface area contributed by atoms with E-state index in [2.05, 4.69) is 22.4 Å². The molecule has 0 aliphatic carbocycles. The normalized spacial score (nSPS) is 10.9. The van der Waals surface area contributed by atoms with Gasteiger partial charge in [-0.1, -0.05) is 37.3 Å². The Morgan fingerprint density at radius 1 is 1.11 bits per heavy atom.